The van der Waals surface area contributed by atoms with Gasteiger partial charge in [0.2, 0.25) is 11.7 Å². The maximum atomic E-state index is 15.1. The van der Waals surface area contributed by atoms with Gasteiger partial charge in [-0.3, -0.25) is 18.9 Å². The molecular formula is C20H27FN6O8P+. The molecule has 1 aliphatic rings. The fourth-order valence-corrected chi connectivity index (χ4v) is 4.46. The number of rotatable bonds is 10. The summed E-state index contributed by atoms with van der Waals surface area (Å²) in [4.78, 5) is 39.0. The third kappa shape index (κ3) is 5.57. The molecule has 4 rings (SSSR count). The third-order valence-corrected chi connectivity index (χ3v) is 6.25. The molecule has 7 N–H and O–H groups in total. The quantitative estimate of drug-likeness (QED) is 0.136. The van der Waals surface area contributed by atoms with Gasteiger partial charge in [0.1, 0.15) is 12.2 Å². The molecular weight excluding hydrogens is 502 g/mol. The van der Waals surface area contributed by atoms with Crippen LogP contribution in [0.1, 0.15) is 6.23 Å². The van der Waals surface area contributed by atoms with Gasteiger partial charge in [0, 0.05) is 18.8 Å². The van der Waals surface area contributed by atoms with E-state index in [2.05, 4.69) is 14.5 Å². The average molecular weight is 529 g/mol. The van der Waals surface area contributed by atoms with Gasteiger partial charge in [0.25, 0.3) is 11.5 Å². The first-order chi connectivity index (χ1) is 17.1. The van der Waals surface area contributed by atoms with Crippen LogP contribution in [-0.2, 0) is 20.4 Å². The number of halogens is 1. The van der Waals surface area contributed by atoms with Crippen molar-refractivity contribution in [3.8, 4) is 0 Å². The number of hydrogen-bond acceptors (Lipinski definition) is 9. The predicted molar refractivity (Wildman–Crippen MR) is 124 cm³/mol. The Hall–Kier alpha value is -2.91. The van der Waals surface area contributed by atoms with Gasteiger partial charge >= 0.3 is 13.5 Å². The molecule has 0 amide bonds. The summed E-state index contributed by atoms with van der Waals surface area (Å²) in [6.45, 7) is 0.0605. The van der Waals surface area contributed by atoms with E-state index >= 15 is 4.39 Å². The number of fused-ring (bicyclic) bond motifs is 1. The van der Waals surface area contributed by atoms with E-state index in [0.717, 1.165) is 5.69 Å². The number of phosphoric ester groups is 1. The monoisotopic (exact) mass is 529 g/mol. The summed E-state index contributed by atoms with van der Waals surface area (Å²) in [6, 6.07) is 9.32. The number of para-hydroxylation sites is 1. The number of nitrogen functional groups attached to an aromatic ring is 1. The minimum Gasteiger partial charge on any atom is -0.395 e. The van der Waals surface area contributed by atoms with Gasteiger partial charge in [-0.1, -0.05) is 23.2 Å². The van der Waals surface area contributed by atoms with E-state index in [4.69, 9.17) is 20.3 Å². The maximum Gasteiger partial charge on any atom is 0.469 e. The first kappa shape index (κ1) is 26.2. The van der Waals surface area contributed by atoms with Crippen LogP contribution in [0.25, 0.3) is 11.2 Å². The van der Waals surface area contributed by atoms with Crippen LogP contribution >= 0.6 is 7.82 Å². The Balaban J connectivity index is 1.65. The molecule has 196 valence electrons. The lowest BCUT2D eigenvalue weighted by atomic mass is 10.1. The fourth-order valence-electron chi connectivity index (χ4n) is 4.12. The smallest absolute Gasteiger partial charge is 0.395 e. The Morgan fingerprint density at radius 3 is 2.69 bits per heavy atom. The highest BCUT2D eigenvalue weighted by atomic mass is 31.2. The van der Waals surface area contributed by atoms with Gasteiger partial charge in [0.15, 0.2) is 12.5 Å². The van der Waals surface area contributed by atoms with Crippen molar-refractivity contribution in [2.45, 2.75) is 31.2 Å². The van der Waals surface area contributed by atoms with E-state index in [1.807, 2.05) is 35.2 Å². The number of aromatic nitrogens is 4. The van der Waals surface area contributed by atoms with Crippen molar-refractivity contribution in [3.05, 3.63) is 47.0 Å². The normalized spacial score (nSPS) is 22.4. The van der Waals surface area contributed by atoms with Gasteiger partial charge in [-0.05, 0) is 12.1 Å². The van der Waals surface area contributed by atoms with Crippen LogP contribution < -0.4 is 20.8 Å². The molecule has 14 nitrogen and oxygen atoms in total. The maximum absolute atomic E-state index is 15.1. The lowest BCUT2D eigenvalue weighted by Gasteiger charge is -2.23. The van der Waals surface area contributed by atoms with E-state index in [-0.39, 0.29) is 30.3 Å². The molecule has 0 aliphatic carbocycles. The van der Waals surface area contributed by atoms with Crippen molar-refractivity contribution in [1.29, 1.82) is 0 Å². The summed E-state index contributed by atoms with van der Waals surface area (Å²) in [5, 5.41) is 19.7. The molecule has 0 bridgehead atoms. The van der Waals surface area contributed by atoms with Crippen molar-refractivity contribution in [1.82, 2.24) is 14.5 Å². The second-order valence-electron chi connectivity index (χ2n) is 8.17. The SMILES string of the molecule is Nc1nc2c(c(=O)[nH]1)n(CCN(CCO)c1ccccc1)c[n+]2[C@@H]1O[C@H](COP(=O)(O)O)[C@@H](O)[C@@H]1F. The number of anilines is 2. The fraction of sp³-hybridized carbons (Fsp3) is 0.450. The molecule has 36 heavy (non-hydrogen) atoms. The zero-order valence-corrected chi connectivity index (χ0v) is 19.8. The lowest BCUT2D eigenvalue weighted by Crippen LogP contribution is -2.44. The molecule has 1 aromatic carbocycles. The number of phosphoric acid groups is 1. The topological polar surface area (TPSA) is 200 Å². The van der Waals surface area contributed by atoms with Gasteiger partial charge < -0.3 is 35.4 Å². The Morgan fingerprint density at radius 1 is 1.31 bits per heavy atom. The number of nitrogens with one attached hydrogen (secondary N) is 1. The third-order valence-electron chi connectivity index (χ3n) is 5.77. The van der Waals surface area contributed by atoms with Crippen LogP contribution in [0, 0.1) is 0 Å². The Morgan fingerprint density at radius 2 is 2.03 bits per heavy atom. The molecule has 0 spiro atoms. The molecule has 2 aromatic heterocycles. The Labute approximate surface area is 203 Å². The average Bonchev–Trinajstić information content (AvgIpc) is 3.32. The lowest BCUT2D eigenvalue weighted by molar-refractivity contribution is -0.744. The number of nitrogens with zero attached hydrogens (tertiary/aromatic N) is 4. The molecule has 3 heterocycles. The number of benzene rings is 1. The second kappa shape index (κ2) is 10.6. The first-order valence-electron chi connectivity index (χ1n) is 11.0. The molecule has 3 aromatic rings. The van der Waals surface area contributed by atoms with Gasteiger partial charge in [-0.2, -0.15) is 0 Å². The summed E-state index contributed by atoms with van der Waals surface area (Å²) in [7, 11) is -4.88. The molecule has 0 saturated carbocycles. The number of aliphatic hydroxyl groups excluding tert-OH is 2. The number of alkyl halides is 1. The Bertz CT molecular complexity index is 1300. The van der Waals surface area contributed by atoms with Crippen molar-refractivity contribution >= 4 is 30.6 Å². The van der Waals surface area contributed by atoms with Crippen LogP contribution in [-0.4, -0.2) is 79.2 Å². The van der Waals surface area contributed by atoms with E-state index in [1.165, 1.54) is 15.5 Å². The van der Waals surface area contributed by atoms with E-state index in [0.29, 0.717) is 13.1 Å². The number of imidazole rings is 1. The minimum absolute atomic E-state index is 0.0129. The van der Waals surface area contributed by atoms with E-state index < -0.39 is 44.6 Å². The van der Waals surface area contributed by atoms with E-state index in [1.54, 1.807) is 0 Å². The zero-order valence-electron chi connectivity index (χ0n) is 18.9. The molecule has 1 fully saturated rings. The minimum atomic E-state index is -4.88. The highest BCUT2D eigenvalue weighted by Crippen LogP contribution is 2.38. The number of hydrogen-bond donors (Lipinski definition) is 6. The molecule has 1 aliphatic heterocycles. The highest BCUT2D eigenvalue weighted by Gasteiger charge is 2.49. The van der Waals surface area contributed by atoms with Gasteiger partial charge in [-0.15, -0.1) is 0 Å². The molecule has 0 unspecified atom stereocenters. The molecule has 0 radical (unpaired) electrons. The summed E-state index contributed by atoms with van der Waals surface area (Å²) in [5.74, 6) is -0.222. The van der Waals surface area contributed by atoms with Crippen LogP contribution in [0.4, 0.5) is 16.0 Å². The molecule has 16 heteroatoms. The van der Waals surface area contributed by atoms with Crippen LogP contribution in [0.2, 0.25) is 0 Å². The highest BCUT2D eigenvalue weighted by molar-refractivity contribution is 7.46. The number of nitrogens with two attached hydrogens (primary N) is 1. The van der Waals surface area contributed by atoms with Gasteiger partial charge in [0.05, 0.1) is 19.8 Å². The van der Waals surface area contributed by atoms with Crippen molar-refractivity contribution in [2.24, 2.45) is 0 Å². The zero-order chi connectivity index (χ0) is 26.0. The number of aliphatic hydroxyl groups is 2. The van der Waals surface area contributed by atoms with E-state index in [9.17, 15) is 19.6 Å². The number of ether oxygens (including phenoxy) is 1. The van der Waals surface area contributed by atoms with Crippen LogP contribution in [0.3, 0.4) is 0 Å². The number of H-pyrrole nitrogens is 1. The molecule has 4 atom stereocenters. The second-order valence-corrected chi connectivity index (χ2v) is 9.41. The van der Waals surface area contributed by atoms with Crippen molar-refractivity contribution in [3.63, 3.8) is 0 Å². The largest absolute Gasteiger partial charge is 0.469 e. The van der Waals surface area contributed by atoms with Gasteiger partial charge in [-0.25, -0.2) is 13.5 Å². The van der Waals surface area contributed by atoms with Crippen molar-refractivity contribution < 1.29 is 42.8 Å². The Kier molecular flexibility index (Phi) is 7.70. The predicted octanol–water partition coefficient (Wildman–Crippen LogP) is -1.20. The molecule has 1 saturated heterocycles. The summed E-state index contributed by atoms with van der Waals surface area (Å²) >= 11 is 0. The standard InChI is InChI=1S/C20H26FN6O8P/c21-14-16(29)13(10-34-36(31,32)33)35-19(14)27-11-26(15-17(27)23-20(22)24-18(15)30)7-6-25(8-9-28)12-4-2-1-3-5-12/h1-5,11,13-14,16,19,28-29H,6-10H2,(H4-,22,23,24,30,31,32,33)/p+1/t13-,14+,16-,19-/m1/s1. The number of aromatic amines is 1. The summed E-state index contributed by atoms with van der Waals surface area (Å²) in [6.07, 6.45) is -5.27. The first-order valence-corrected chi connectivity index (χ1v) is 12.5. The van der Waals surface area contributed by atoms with Crippen LogP contribution in [0.15, 0.2) is 41.5 Å². The van der Waals surface area contributed by atoms with Crippen molar-refractivity contribution in [2.75, 3.05) is 36.9 Å². The summed E-state index contributed by atoms with van der Waals surface area (Å²) < 4.78 is 38.7. The summed E-state index contributed by atoms with van der Waals surface area (Å²) in [5.41, 5.74) is 6.04. The van der Waals surface area contributed by atoms with Crippen LogP contribution in [0.5, 0.6) is 0 Å².